The summed E-state index contributed by atoms with van der Waals surface area (Å²) in [5, 5.41) is 4.48. The quantitative estimate of drug-likeness (QED) is 0.330. The number of unbranched alkanes of at least 4 members (excludes halogenated alkanes) is 9. The lowest BCUT2D eigenvalue weighted by Crippen LogP contribution is -2.36. The predicted molar refractivity (Wildman–Crippen MR) is 115 cm³/mol. The Morgan fingerprint density at radius 2 is 1.69 bits per heavy atom. The summed E-state index contributed by atoms with van der Waals surface area (Å²) in [4.78, 5) is 2.15. The van der Waals surface area contributed by atoms with E-state index in [9.17, 15) is 0 Å². The van der Waals surface area contributed by atoms with Crippen molar-refractivity contribution in [2.45, 2.75) is 83.1 Å². The van der Waals surface area contributed by atoms with Crippen LogP contribution in [0.5, 0.6) is 5.75 Å². The first-order valence-corrected chi connectivity index (χ1v) is 10.7. The number of nitrogens with zero attached hydrogens (tertiary/aromatic N) is 2. The molecule has 0 spiro atoms. The van der Waals surface area contributed by atoms with Crippen molar-refractivity contribution in [2.75, 3.05) is 12.0 Å². The molecule has 0 saturated carbocycles. The molecule has 2 rings (SSSR count). The van der Waals surface area contributed by atoms with Crippen LogP contribution in [0.4, 0.5) is 5.69 Å². The van der Waals surface area contributed by atoms with Gasteiger partial charge in [-0.1, -0.05) is 70.8 Å². The number of hydrazone groups is 1. The molecular formula is C21H35N3OS. The van der Waals surface area contributed by atoms with Crippen molar-refractivity contribution in [3.05, 3.63) is 24.3 Å². The molecule has 26 heavy (non-hydrogen) atoms. The smallest absolute Gasteiger partial charge is 0.165 e. The van der Waals surface area contributed by atoms with Gasteiger partial charge in [0.05, 0.1) is 7.11 Å². The van der Waals surface area contributed by atoms with Gasteiger partial charge >= 0.3 is 0 Å². The van der Waals surface area contributed by atoms with E-state index in [2.05, 4.69) is 41.0 Å². The molecule has 1 heterocycles. The van der Waals surface area contributed by atoms with Gasteiger partial charge in [-0.15, -0.1) is 12.6 Å². The van der Waals surface area contributed by atoms with E-state index in [1.807, 2.05) is 18.2 Å². The van der Waals surface area contributed by atoms with Gasteiger partial charge in [-0.25, -0.2) is 0 Å². The number of rotatable bonds is 13. The molecule has 4 nitrogen and oxygen atoms in total. The van der Waals surface area contributed by atoms with Crippen molar-refractivity contribution in [1.29, 1.82) is 0 Å². The number of ether oxygens (including phenoxy) is 1. The minimum absolute atomic E-state index is 0.111. The van der Waals surface area contributed by atoms with Gasteiger partial charge in [0, 0.05) is 18.2 Å². The minimum atomic E-state index is -0.111. The van der Waals surface area contributed by atoms with Gasteiger partial charge in [0.25, 0.3) is 0 Å². The van der Waals surface area contributed by atoms with E-state index in [4.69, 9.17) is 4.74 Å². The summed E-state index contributed by atoms with van der Waals surface area (Å²) in [6.45, 7) is 2.27. The summed E-state index contributed by atoms with van der Waals surface area (Å²) in [5.74, 6) is 1.92. The second-order valence-corrected chi connectivity index (χ2v) is 7.52. The molecule has 1 aromatic carbocycles. The average Bonchev–Trinajstić information content (AvgIpc) is 3.03. The molecule has 1 aliphatic heterocycles. The molecule has 0 fully saturated rings. The van der Waals surface area contributed by atoms with Crippen molar-refractivity contribution in [3.8, 4) is 5.75 Å². The van der Waals surface area contributed by atoms with Crippen molar-refractivity contribution in [1.82, 2.24) is 5.43 Å². The van der Waals surface area contributed by atoms with Crippen molar-refractivity contribution >= 4 is 24.2 Å². The molecule has 1 unspecified atom stereocenters. The maximum Gasteiger partial charge on any atom is 0.165 e. The Kier molecular flexibility index (Phi) is 9.75. The number of thiol groups is 1. The van der Waals surface area contributed by atoms with Crippen molar-refractivity contribution in [3.63, 3.8) is 0 Å². The predicted octanol–water partition coefficient (Wildman–Crippen LogP) is 5.94. The molecule has 0 amide bonds. The maximum atomic E-state index is 5.34. The van der Waals surface area contributed by atoms with Crippen LogP contribution in [0.1, 0.15) is 77.6 Å². The van der Waals surface area contributed by atoms with Crippen LogP contribution < -0.4 is 15.1 Å². The molecular weight excluding hydrogens is 342 g/mol. The number of hydrogen-bond acceptors (Lipinski definition) is 5. The first-order valence-electron chi connectivity index (χ1n) is 10.2. The Labute approximate surface area is 164 Å². The van der Waals surface area contributed by atoms with Crippen LogP contribution in [0, 0.1) is 0 Å². The molecule has 1 atom stereocenters. The molecule has 146 valence electrons. The fourth-order valence-corrected chi connectivity index (χ4v) is 3.71. The van der Waals surface area contributed by atoms with Gasteiger partial charge in [0.2, 0.25) is 0 Å². The largest absolute Gasteiger partial charge is 0.497 e. The first-order chi connectivity index (χ1) is 12.8. The zero-order chi connectivity index (χ0) is 18.6. The topological polar surface area (TPSA) is 36.9 Å². The summed E-state index contributed by atoms with van der Waals surface area (Å²) < 4.78 is 5.34. The molecule has 0 radical (unpaired) electrons. The van der Waals surface area contributed by atoms with Crippen molar-refractivity contribution in [2.24, 2.45) is 5.10 Å². The Balaban J connectivity index is 1.67. The van der Waals surface area contributed by atoms with Crippen LogP contribution in [-0.2, 0) is 0 Å². The number of benzene rings is 1. The van der Waals surface area contributed by atoms with Crippen molar-refractivity contribution < 1.29 is 4.74 Å². The Hall–Kier alpha value is -1.36. The number of anilines is 1. The highest BCUT2D eigenvalue weighted by Crippen LogP contribution is 2.27. The summed E-state index contributed by atoms with van der Waals surface area (Å²) in [6, 6.07) is 8.07. The molecule has 1 aromatic rings. The Bertz CT molecular complexity index is 550. The molecule has 0 aliphatic carbocycles. The summed E-state index contributed by atoms with van der Waals surface area (Å²) >= 11 is 4.61. The second kappa shape index (κ2) is 12.1. The van der Waals surface area contributed by atoms with Gasteiger partial charge in [0.15, 0.2) is 5.50 Å². The molecule has 0 aromatic heterocycles. The Morgan fingerprint density at radius 3 is 2.35 bits per heavy atom. The first kappa shape index (κ1) is 20.9. The lowest BCUT2D eigenvalue weighted by molar-refractivity contribution is 0.415. The Morgan fingerprint density at radius 1 is 1.04 bits per heavy atom. The molecule has 0 saturated heterocycles. The van der Waals surface area contributed by atoms with E-state index in [1.54, 1.807) is 7.11 Å². The van der Waals surface area contributed by atoms with Gasteiger partial charge in [0.1, 0.15) is 11.6 Å². The molecule has 0 bridgehead atoms. The summed E-state index contributed by atoms with van der Waals surface area (Å²) in [5.41, 5.74) is 4.04. The third-order valence-corrected chi connectivity index (χ3v) is 5.26. The van der Waals surface area contributed by atoms with Crippen LogP contribution in [0.25, 0.3) is 0 Å². The highest BCUT2D eigenvalue weighted by atomic mass is 32.1. The van der Waals surface area contributed by atoms with E-state index in [1.165, 1.54) is 64.2 Å². The summed E-state index contributed by atoms with van der Waals surface area (Å²) in [7, 11) is 1.69. The van der Waals surface area contributed by atoms with Gasteiger partial charge in [-0.05, 0) is 18.6 Å². The number of amidine groups is 1. The van der Waals surface area contributed by atoms with Crippen LogP contribution in [0.2, 0.25) is 0 Å². The van der Waals surface area contributed by atoms with E-state index in [-0.39, 0.29) is 5.50 Å². The molecule has 1 aliphatic rings. The fraction of sp³-hybridized carbons (Fsp3) is 0.667. The van der Waals surface area contributed by atoms with E-state index in [0.29, 0.717) is 0 Å². The number of hydrogen-bond donors (Lipinski definition) is 2. The maximum absolute atomic E-state index is 5.34. The third kappa shape index (κ3) is 6.75. The molecule has 1 N–H and O–H groups in total. The van der Waals surface area contributed by atoms with Crippen LogP contribution in [0.15, 0.2) is 29.4 Å². The normalized spacial score (nSPS) is 16.5. The third-order valence-electron chi connectivity index (χ3n) is 4.92. The van der Waals surface area contributed by atoms with Crippen LogP contribution in [0.3, 0.4) is 0 Å². The lowest BCUT2D eigenvalue weighted by atomic mass is 10.1. The van der Waals surface area contributed by atoms with Crippen LogP contribution >= 0.6 is 12.6 Å². The lowest BCUT2D eigenvalue weighted by Gasteiger charge is -2.24. The van der Waals surface area contributed by atoms with E-state index >= 15 is 0 Å². The SMILES string of the molecule is CCCCCCCCCCCCC1=NNC(S)N1c1cccc(OC)c1. The molecule has 5 heteroatoms. The monoisotopic (exact) mass is 377 g/mol. The van der Waals surface area contributed by atoms with E-state index in [0.717, 1.165) is 23.7 Å². The fourth-order valence-electron chi connectivity index (χ4n) is 3.38. The highest BCUT2D eigenvalue weighted by molar-refractivity contribution is 7.81. The number of nitrogens with one attached hydrogen (secondary N) is 1. The van der Waals surface area contributed by atoms with E-state index < -0.39 is 0 Å². The zero-order valence-electron chi connectivity index (χ0n) is 16.4. The minimum Gasteiger partial charge on any atom is -0.497 e. The highest BCUT2D eigenvalue weighted by Gasteiger charge is 2.25. The van der Waals surface area contributed by atoms with Crippen LogP contribution in [-0.4, -0.2) is 18.4 Å². The summed E-state index contributed by atoms with van der Waals surface area (Å²) in [6.07, 6.45) is 14.5. The standard InChI is InChI=1S/C21H35N3OS/c1-3-4-5-6-7-8-9-10-11-12-16-20-22-23-21(26)24(20)18-14-13-15-19(17-18)25-2/h13-15,17,21,23,26H,3-12,16H2,1-2H3. The average molecular weight is 378 g/mol. The zero-order valence-corrected chi connectivity index (χ0v) is 17.3. The van der Waals surface area contributed by atoms with Gasteiger partial charge in [-0.3, -0.25) is 10.3 Å². The number of methoxy groups -OCH3 is 1. The van der Waals surface area contributed by atoms with Gasteiger partial charge in [-0.2, -0.15) is 5.10 Å². The second-order valence-electron chi connectivity index (χ2n) is 7.03. The van der Waals surface area contributed by atoms with Gasteiger partial charge < -0.3 is 4.74 Å².